The van der Waals surface area contributed by atoms with Gasteiger partial charge in [0, 0.05) is 22.8 Å². The fourth-order valence-corrected chi connectivity index (χ4v) is 4.28. The van der Waals surface area contributed by atoms with Crippen molar-refractivity contribution >= 4 is 33.6 Å². The predicted octanol–water partition coefficient (Wildman–Crippen LogP) is 3.09. The molecule has 0 saturated carbocycles. The summed E-state index contributed by atoms with van der Waals surface area (Å²) in [4.78, 5) is 16.4. The van der Waals surface area contributed by atoms with Gasteiger partial charge in [-0.3, -0.25) is 4.79 Å². The fraction of sp³-hybridized carbons (Fsp3) is 0.500. The van der Waals surface area contributed by atoms with Crippen LogP contribution in [0.2, 0.25) is 0 Å². The average Bonchev–Trinajstić information content (AvgIpc) is 2.82. The van der Waals surface area contributed by atoms with Crippen molar-refractivity contribution in [2.24, 2.45) is 0 Å². The zero-order valence-corrected chi connectivity index (χ0v) is 12.5. The Kier molecular flexibility index (Phi) is 3.66. The summed E-state index contributed by atoms with van der Waals surface area (Å²) in [5.74, 6) is 0.329. The molecule has 1 aromatic carbocycles. The molecule has 96 valence electrons. The van der Waals surface area contributed by atoms with Gasteiger partial charge in [-0.05, 0) is 30.9 Å². The van der Waals surface area contributed by atoms with Gasteiger partial charge in [0.1, 0.15) is 0 Å². The maximum Gasteiger partial charge on any atom is 0.236 e. The van der Waals surface area contributed by atoms with Crippen LogP contribution in [-0.4, -0.2) is 34.0 Å². The Balaban J connectivity index is 1.65. The number of likely N-dealkylation sites (tertiary alicyclic amines) is 1. The zero-order valence-electron chi connectivity index (χ0n) is 10.1. The summed E-state index contributed by atoms with van der Waals surface area (Å²) in [6.07, 6.45) is 3.06. The maximum atomic E-state index is 12.5. The van der Waals surface area contributed by atoms with Crippen molar-refractivity contribution in [3.63, 3.8) is 0 Å². The largest absolute Gasteiger partial charge is 0.342 e. The molecule has 2 aliphatic heterocycles. The Morgan fingerprint density at radius 1 is 1.28 bits per heavy atom. The molecule has 1 atom stereocenters. The highest BCUT2D eigenvalue weighted by molar-refractivity contribution is 9.09. The molecule has 1 fully saturated rings. The van der Waals surface area contributed by atoms with Crippen molar-refractivity contribution in [1.82, 2.24) is 4.90 Å². The van der Waals surface area contributed by atoms with Gasteiger partial charge in [0.25, 0.3) is 0 Å². The number of alkyl halides is 1. The third-order valence-corrected chi connectivity index (χ3v) is 5.88. The lowest BCUT2D eigenvalue weighted by Gasteiger charge is -2.31. The number of thioether (sulfide) groups is 1. The number of halogens is 1. The standard InChI is InChI=1S/C14H16BrNOS/c15-11-5-7-16(8-6-11)14(17)13-9-10-3-1-2-4-12(10)18-13/h1-4,11,13H,5-9H2. The first-order valence-electron chi connectivity index (χ1n) is 6.41. The van der Waals surface area contributed by atoms with Crippen LogP contribution in [0.4, 0.5) is 0 Å². The SMILES string of the molecule is O=C(C1Cc2ccccc2S1)N1CCC(Br)CC1. The number of hydrogen-bond acceptors (Lipinski definition) is 2. The van der Waals surface area contributed by atoms with Crippen LogP contribution >= 0.6 is 27.7 Å². The van der Waals surface area contributed by atoms with Gasteiger partial charge in [-0.15, -0.1) is 11.8 Å². The van der Waals surface area contributed by atoms with Gasteiger partial charge in [-0.1, -0.05) is 34.1 Å². The molecular weight excluding hydrogens is 310 g/mol. The zero-order chi connectivity index (χ0) is 12.5. The van der Waals surface area contributed by atoms with Gasteiger partial charge in [0.2, 0.25) is 5.91 Å². The van der Waals surface area contributed by atoms with Gasteiger partial charge < -0.3 is 4.90 Å². The van der Waals surface area contributed by atoms with Gasteiger partial charge in [-0.2, -0.15) is 0 Å². The third kappa shape index (κ3) is 2.45. The topological polar surface area (TPSA) is 20.3 Å². The first-order valence-corrected chi connectivity index (χ1v) is 8.21. The van der Waals surface area contributed by atoms with E-state index in [0.717, 1.165) is 32.4 Å². The Labute approximate surface area is 120 Å². The minimum Gasteiger partial charge on any atom is -0.342 e. The van der Waals surface area contributed by atoms with Crippen LogP contribution in [-0.2, 0) is 11.2 Å². The van der Waals surface area contributed by atoms with Crippen LogP contribution in [0.3, 0.4) is 0 Å². The average molecular weight is 326 g/mol. The molecule has 2 heterocycles. The number of fused-ring (bicyclic) bond motifs is 1. The first kappa shape index (κ1) is 12.5. The molecular formula is C14H16BrNOS. The molecule has 18 heavy (non-hydrogen) atoms. The Hall–Kier alpha value is -0.480. The fourth-order valence-electron chi connectivity index (χ4n) is 2.59. The predicted molar refractivity (Wildman–Crippen MR) is 78.3 cm³/mol. The van der Waals surface area contributed by atoms with Crippen LogP contribution in [0.5, 0.6) is 0 Å². The molecule has 0 spiro atoms. The summed E-state index contributed by atoms with van der Waals surface area (Å²) in [5, 5.41) is 0.106. The number of piperidine rings is 1. The van der Waals surface area contributed by atoms with Gasteiger partial charge in [-0.25, -0.2) is 0 Å². The van der Waals surface area contributed by atoms with E-state index in [1.165, 1.54) is 10.5 Å². The van der Waals surface area contributed by atoms with Crippen molar-refractivity contribution in [2.75, 3.05) is 13.1 Å². The van der Waals surface area contributed by atoms with E-state index in [1.807, 2.05) is 4.90 Å². The summed E-state index contributed by atoms with van der Waals surface area (Å²) < 4.78 is 0. The minimum atomic E-state index is 0.106. The highest BCUT2D eigenvalue weighted by Crippen LogP contribution is 2.38. The van der Waals surface area contributed by atoms with Crippen molar-refractivity contribution < 1.29 is 4.79 Å². The first-order chi connectivity index (χ1) is 8.74. The van der Waals surface area contributed by atoms with Gasteiger partial charge in [0.15, 0.2) is 0 Å². The summed E-state index contributed by atoms with van der Waals surface area (Å²) >= 11 is 5.36. The van der Waals surface area contributed by atoms with Crippen LogP contribution < -0.4 is 0 Å². The number of nitrogens with zero attached hydrogens (tertiary/aromatic N) is 1. The Bertz CT molecular complexity index is 432. The second-order valence-corrected chi connectivity index (χ2v) is 7.46. The van der Waals surface area contributed by atoms with E-state index < -0.39 is 0 Å². The molecule has 2 nitrogen and oxygen atoms in total. The Morgan fingerprint density at radius 2 is 2.00 bits per heavy atom. The molecule has 3 rings (SSSR count). The van der Waals surface area contributed by atoms with E-state index in [1.54, 1.807) is 11.8 Å². The molecule has 1 aromatic rings. The lowest BCUT2D eigenvalue weighted by molar-refractivity contribution is -0.131. The van der Waals surface area contributed by atoms with Crippen molar-refractivity contribution in [3.8, 4) is 0 Å². The highest BCUT2D eigenvalue weighted by atomic mass is 79.9. The van der Waals surface area contributed by atoms with Crippen LogP contribution in [0.25, 0.3) is 0 Å². The molecule has 4 heteroatoms. The molecule has 0 radical (unpaired) electrons. The normalized spacial score (nSPS) is 24.1. The summed E-state index contributed by atoms with van der Waals surface area (Å²) in [5.41, 5.74) is 1.33. The second-order valence-electron chi connectivity index (χ2n) is 4.92. The number of carbonyl (C=O) groups is 1. The third-order valence-electron chi connectivity index (χ3n) is 3.66. The van der Waals surface area contributed by atoms with Crippen LogP contribution in [0.1, 0.15) is 18.4 Å². The number of benzene rings is 1. The van der Waals surface area contributed by atoms with Crippen molar-refractivity contribution in [2.45, 2.75) is 34.2 Å². The molecule has 1 unspecified atom stereocenters. The maximum absolute atomic E-state index is 12.5. The monoisotopic (exact) mass is 325 g/mol. The summed E-state index contributed by atoms with van der Waals surface area (Å²) in [6.45, 7) is 1.81. The molecule has 0 N–H and O–H groups in total. The van der Waals surface area contributed by atoms with E-state index in [-0.39, 0.29) is 5.25 Å². The summed E-state index contributed by atoms with van der Waals surface area (Å²) in [7, 11) is 0. The van der Waals surface area contributed by atoms with Crippen LogP contribution in [0, 0.1) is 0 Å². The van der Waals surface area contributed by atoms with E-state index in [9.17, 15) is 4.79 Å². The van der Waals surface area contributed by atoms with E-state index in [0.29, 0.717) is 10.7 Å². The molecule has 1 amide bonds. The number of rotatable bonds is 1. The summed E-state index contributed by atoms with van der Waals surface area (Å²) in [6, 6.07) is 8.37. The van der Waals surface area contributed by atoms with E-state index >= 15 is 0 Å². The number of carbonyl (C=O) groups excluding carboxylic acids is 1. The number of hydrogen-bond donors (Lipinski definition) is 0. The smallest absolute Gasteiger partial charge is 0.236 e. The molecule has 0 aromatic heterocycles. The molecule has 1 saturated heterocycles. The second kappa shape index (κ2) is 5.25. The molecule has 2 aliphatic rings. The van der Waals surface area contributed by atoms with Crippen molar-refractivity contribution in [3.05, 3.63) is 29.8 Å². The lowest BCUT2D eigenvalue weighted by atomic mass is 10.1. The van der Waals surface area contributed by atoms with Crippen molar-refractivity contribution in [1.29, 1.82) is 0 Å². The van der Waals surface area contributed by atoms with Crippen LogP contribution in [0.15, 0.2) is 29.2 Å². The highest BCUT2D eigenvalue weighted by Gasteiger charge is 2.32. The van der Waals surface area contributed by atoms with Gasteiger partial charge >= 0.3 is 0 Å². The quantitative estimate of drug-likeness (QED) is 0.739. The lowest BCUT2D eigenvalue weighted by Crippen LogP contribution is -2.43. The van der Waals surface area contributed by atoms with Gasteiger partial charge in [0.05, 0.1) is 5.25 Å². The molecule has 0 aliphatic carbocycles. The Morgan fingerprint density at radius 3 is 2.72 bits per heavy atom. The minimum absolute atomic E-state index is 0.106. The molecule has 0 bridgehead atoms. The number of amides is 1. The van der Waals surface area contributed by atoms with E-state index in [4.69, 9.17) is 0 Å². The van der Waals surface area contributed by atoms with E-state index in [2.05, 4.69) is 40.2 Å².